The lowest BCUT2D eigenvalue weighted by molar-refractivity contribution is -0.137. The van der Waals surface area contributed by atoms with Crippen LogP contribution in [0.15, 0.2) is 189 Å². The highest BCUT2D eigenvalue weighted by Crippen LogP contribution is 2.37. The molecule has 23 heteroatoms. The Hall–Kier alpha value is -8.88. The highest BCUT2D eigenvalue weighted by atomic mass is 35.5. The normalized spacial score (nSPS) is 10.6. The smallest absolute Gasteiger partial charge is 0.417 e. The zero-order valence-electron chi connectivity index (χ0n) is 43.2. The van der Waals surface area contributed by atoms with Gasteiger partial charge >= 0.3 is 12.2 Å². The van der Waals surface area contributed by atoms with Gasteiger partial charge in [-0.25, -0.2) is 14.8 Å². The molecule has 0 atom stereocenters. The number of aryl methyl sites for hydroxylation is 2. The molecule has 0 saturated heterocycles. The predicted octanol–water partition coefficient (Wildman–Crippen LogP) is 15.9. The second kappa shape index (κ2) is 28.1. The first-order valence-electron chi connectivity index (χ1n) is 23.8. The van der Waals surface area contributed by atoms with Crippen molar-refractivity contribution in [2.75, 3.05) is 42.0 Å². The molecule has 0 aliphatic carbocycles. The van der Waals surface area contributed by atoms with Crippen molar-refractivity contribution >= 4 is 75.2 Å². The lowest BCUT2D eigenvalue weighted by atomic mass is 10.2. The summed E-state index contributed by atoms with van der Waals surface area (Å²) in [5.41, 5.74) is 4.91. The van der Waals surface area contributed by atoms with Crippen molar-refractivity contribution in [3.63, 3.8) is 0 Å². The fourth-order valence-corrected chi connectivity index (χ4v) is 7.65. The van der Waals surface area contributed by atoms with E-state index < -0.39 is 22.8 Å². The number of nitrogens with one attached hydrogen (secondary N) is 3. The third kappa shape index (κ3) is 17.8. The molecule has 0 fully saturated rings. The Labute approximate surface area is 478 Å². The Morgan fingerprint density at radius 1 is 0.525 bits per heavy atom. The Morgan fingerprint density at radius 2 is 0.950 bits per heavy atom. The lowest BCUT2D eigenvalue weighted by Crippen LogP contribution is -2.31. The molecule has 0 radical (unpaired) electrons. The molecule has 10 rings (SSSR count). The molecule has 0 aliphatic rings. The van der Waals surface area contributed by atoms with Crippen LogP contribution < -0.4 is 35.1 Å². The van der Waals surface area contributed by atoms with Crippen LogP contribution in [0, 0.1) is 0 Å². The number of alkyl halides is 3. The molecule has 80 heavy (non-hydrogen) atoms. The first kappa shape index (κ1) is 58.8. The van der Waals surface area contributed by atoms with Crippen LogP contribution in [0.3, 0.4) is 0 Å². The van der Waals surface area contributed by atoms with Crippen LogP contribution in [0.5, 0.6) is 34.5 Å². The van der Waals surface area contributed by atoms with E-state index in [1.165, 1.54) is 18.0 Å². The Morgan fingerprint density at radius 3 is 1.35 bits per heavy atom. The van der Waals surface area contributed by atoms with Crippen LogP contribution in [-0.4, -0.2) is 66.7 Å². The summed E-state index contributed by atoms with van der Waals surface area (Å²) in [5.74, 6) is 4.08. The van der Waals surface area contributed by atoms with Crippen LogP contribution in [-0.2, 0) is 20.3 Å². The molecule has 6 aromatic heterocycles. The number of anilines is 4. The number of carbonyl (C=O) groups is 1. The first-order valence-corrected chi connectivity index (χ1v) is 25.3. The van der Waals surface area contributed by atoms with Gasteiger partial charge in [0.05, 0.1) is 34.4 Å². The highest BCUT2D eigenvalue weighted by molar-refractivity contribution is 6.33. The van der Waals surface area contributed by atoms with Gasteiger partial charge in [0.25, 0.3) is 0 Å². The molecule has 3 N–H and O–H groups in total. The standard InChI is InChI=1S/C24H19ClF3N5O2.C16H16N4O.C12H11ClN2O.C5H3Cl2N/c1-32-14-15(13-30-32)22-12-19(9-10-29-22)35-18-6-4-17(5-7-18)33(2)23(34)31-16-3-8-21(25)20(11-16)24(26,27)28;1-17-13-3-5-14(6-4-13)21-15-7-8-18-16(9-15)12-10-19-20(2)11-12;1-14-9-2-4-10(5-3-9)16-11-6-7-15-12(13)8-11;6-4-1-2-8-5(7)3-4/h3-14H,1-2H3,(H,31,34);3-11,17H,1-2H3;2-8,14H,1H3;1-3H. The molecule has 410 valence electrons. The minimum atomic E-state index is -4.63. The maximum Gasteiger partial charge on any atom is 0.417 e. The minimum absolute atomic E-state index is 0.0272. The van der Waals surface area contributed by atoms with E-state index in [2.05, 4.69) is 46.1 Å². The molecule has 0 bridgehead atoms. The van der Waals surface area contributed by atoms with E-state index in [4.69, 9.17) is 60.6 Å². The minimum Gasteiger partial charge on any atom is -0.457 e. The van der Waals surface area contributed by atoms with E-state index in [0.717, 1.165) is 57.6 Å². The van der Waals surface area contributed by atoms with E-state index in [9.17, 15) is 18.0 Å². The van der Waals surface area contributed by atoms with Crippen LogP contribution >= 0.6 is 46.4 Å². The number of halogens is 7. The number of carbonyl (C=O) groups excluding carboxylic acids is 1. The summed E-state index contributed by atoms with van der Waals surface area (Å²) in [6, 6.07) is 38.6. The highest BCUT2D eigenvalue weighted by Gasteiger charge is 2.33. The molecule has 10 aromatic rings. The number of ether oxygens (including phenoxy) is 3. The van der Waals surface area contributed by atoms with E-state index >= 15 is 0 Å². The molecular formula is C57H49Cl4F3N12O4. The van der Waals surface area contributed by atoms with E-state index in [1.807, 2.05) is 101 Å². The van der Waals surface area contributed by atoms with Gasteiger partial charge in [0.1, 0.15) is 44.8 Å². The van der Waals surface area contributed by atoms with Crippen molar-refractivity contribution in [2.24, 2.45) is 14.1 Å². The average Bonchev–Trinajstić information content (AvgIpc) is 4.11. The number of aromatic nitrogens is 8. The second-order valence-electron chi connectivity index (χ2n) is 16.7. The molecule has 16 nitrogen and oxygen atoms in total. The summed E-state index contributed by atoms with van der Waals surface area (Å²) in [5, 5.41) is 17.9. The summed E-state index contributed by atoms with van der Waals surface area (Å²) in [6.07, 6.45) is 9.16. The Bertz CT molecular complexity index is 3590. The van der Waals surface area contributed by atoms with Crippen molar-refractivity contribution in [1.29, 1.82) is 0 Å². The first-order chi connectivity index (χ1) is 38.4. The van der Waals surface area contributed by atoms with Crippen LogP contribution in [0.25, 0.3) is 22.5 Å². The fourth-order valence-electron chi connectivity index (χ4n) is 6.87. The third-order valence-corrected chi connectivity index (χ3v) is 11.9. The summed E-state index contributed by atoms with van der Waals surface area (Å²) < 4.78 is 60.0. The largest absolute Gasteiger partial charge is 0.457 e. The monoisotopic (exact) mass is 1160 g/mol. The van der Waals surface area contributed by atoms with Gasteiger partial charge in [-0.2, -0.15) is 23.4 Å². The summed E-state index contributed by atoms with van der Waals surface area (Å²) >= 11 is 22.4. The topological polar surface area (TPSA) is 171 Å². The Kier molecular flexibility index (Phi) is 20.7. The maximum absolute atomic E-state index is 13.1. The van der Waals surface area contributed by atoms with E-state index in [0.29, 0.717) is 44.0 Å². The number of amides is 2. The molecule has 4 aromatic carbocycles. The summed E-state index contributed by atoms with van der Waals surface area (Å²) in [4.78, 5) is 30.1. The number of benzene rings is 4. The molecule has 2 amide bonds. The SMILES string of the molecule is CN(C(=O)Nc1ccc(Cl)c(C(F)(F)F)c1)c1ccc(Oc2ccnc(-c3cnn(C)c3)c2)cc1.CNc1ccc(Oc2ccnc(-c3cnn(C)c3)c2)cc1.CNc1ccc(Oc2ccnc(Cl)c2)cc1.Clc1ccnc(Cl)c1. The summed E-state index contributed by atoms with van der Waals surface area (Å²) in [6.45, 7) is 0. The molecule has 0 aliphatic heterocycles. The van der Waals surface area contributed by atoms with Crippen molar-refractivity contribution in [1.82, 2.24) is 39.5 Å². The quantitative estimate of drug-likeness (QED) is 0.0991. The lowest BCUT2D eigenvalue weighted by Gasteiger charge is -2.19. The van der Waals surface area contributed by atoms with Gasteiger partial charge in [-0.15, -0.1) is 0 Å². The van der Waals surface area contributed by atoms with Crippen LogP contribution in [0.4, 0.5) is 40.7 Å². The van der Waals surface area contributed by atoms with Crippen LogP contribution in [0.1, 0.15) is 5.56 Å². The maximum atomic E-state index is 13.1. The van der Waals surface area contributed by atoms with Gasteiger partial charge in [0.2, 0.25) is 0 Å². The fraction of sp³-hybridized carbons (Fsp3) is 0.105. The number of rotatable bonds is 12. The Balaban J connectivity index is 0.000000173. The zero-order chi connectivity index (χ0) is 57.2. The number of hydrogen-bond donors (Lipinski definition) is 3. The van der Waals surface area contributed by atoms with Crippen LogP contribution in [0.2, 0.25) is 20.4 Å². The molecule has 6 heterocycles. The predicted molar refractivity (Wildman–Crippen MR) is 309 cm³/mol. The molecule has 0 spiro atoms. The molecule has 0 saturated carbocycles. The number of urea groups is 1. The van der Waals surface area contributed by atoms with Gasteiger partial charge in [0.15, 0.2) is 0 Å². The van der Waals surface area contributed by atoms with Gasteiger partial charge in [0, 0.05) is 130 Å². The van der Waals surface area contributed by atoms with Crippen molar-refractivity contribution < 1.29 is 32.2 Å². The summed E-state index contributed by atoms with van der Waals surface area (Å²) in [7, 11) is 8.96. The van der Waals surface area contributed by atoms with Gasteiger partial charge in [-0.05, 0) is 121 Å². The average molecular weight is 1160 g/mol. The van der Waals surface area contributed by atoms with E-state index in [-0.39, 0.29) is 5.69 Å². The van der Waals surface area contributed by atoms with Crippen molar-refractivity contribution in [3.05, 3.63) is 215 Å². The number of pyridine rings is 4. The van der Waals surface area contributed by atoms with Gasteiger partial charge < -0.3 is 30.2 Å². The van der Waals surface area contributed by atoms with E-state index in [1.54, 1.807) is 107 Å². The third-order valence-electron chi connectivity index (χ3n) is 10.9. The second-order valence-corrected chi connectivity index (χ2v) is 18.3. The van der Waals surface area contributed by atoms with Crippen molar-refractivity contribution in [3.8, 4) is 57.0 Å². The molecular weight excluding hydrogens is 1120 g/mol. The van der Waals surface area contributed by atoms with Gasteiger partial charge in [-0.3, -0.25) is 24.2 Å². The van der Waals surface area contributed by atoms with Crippen molar-refractivity contribution in [2.45, 2.75) is 6.18 Å². The number of nitrogens with zero attached hydrogens (tertiary/aromatic N) is 9. The van der Waals surface area contributed by atoms with Gasteiger partial charge in [-0.1, -0.05) is 46.4 Å². The number of hydrogen-bond acceptors (Lipinski definition) is 12. The zero-order valence-corrected chi connectivity index (χ0v) is 46.2. The molecule has 0 unspecified atom stereocenters.